The summed E-state index contributed by atoms with van der Waals surface area (Å²) in [6.45, 7) is 1.42. The van der Waals surface area contributed by atoms with Crippen molar-refractivity contribution in [2.24, 2.45) is 0 Å². The number of allylic oxidation sites excluding steroid dienone is 1. The summed E-state index contributed by atoms with van der Waals surface area (Å²) < 4.78 is 44.1. The minimum absolute atomic E-state index is 0.0640. The number of alkyl halides is 3. The lowest BCUT2D eigenvalue weighted by molar-refractivity contribution is -0.384. The van der Waals surface area contributed by atoms with Gasteiger partial charge in [0, 0.05) is 23.5 Å². The molecule has 1 aliphatic rings. The summed E-state index contributed by atoms with van der Waals surface area (Å²) in [6.07, 6.45) is -3.28. The number of nitro benzene ring substituents is 1. The van der Waals surface area contributed by atoms with Gasteiger partial charge in [-0.2, -0.15) is 13.2 Å². The molecule has 0 aliphatic carbocycles. The van der Waals surface area contributed by atoms with Crippen LogP contribution in [0.2, 0.25) is 0 Å². The van der Waals surface area contributed by atoms with E-state index in [1.807, 2.05) is 0 Å². The van der Waals surface area contributed by atoms with Crippen molar-refractivity contribution in [3.63, 3.8) is 0 Å². The van der Waals surface area contributed by atoms with Crippen molar-refractivity contribution in [1.29, 1.82) is 0 Å². The van der Waals surface area contributed by atoms with Gasteiger partial charge in [0.1, 0.15) is 0 Å². The number of anilines is 1. The van der Waals surface area contributed by atoms with Crippen molar-refractivity contribution >= 4 is 29.3 Å². The van der Waals surface area contributed by atoms with E-state index in [1.165, 1.54) is 43.3 Å². The molecule has 0 spiro atoms. The largest absolute Gasteiger partial charge is 0.465 e. The Kier molecular flexibility index (Phi) is 5.65. The fourth-order valence-electron chi connectivity index (χ4n) is 3.17. The number of halogens is 3. The second-order valence-corrected chi connectivity index (χ2v) is 6.55. The highest BCUT2D eigenvalue weighted by atomic mass is 19.4. The number of esters is 1. The van der Waals surface area contributed by atoms with Crippen LogP contribution in [-0.2, 0) is 20.5 Å². The molecule has 10 heteroatoms. The monoisotopic (exact) mass is 432 g/mol. The average molecular weight is 432 g/mol. The first kappa shape index (κ1) is 21.8. The molecule has 1 aliphatic heterocycles. The number of non-ortho nitro benzene ring substituents is 1. The number of ether oxygens (including phenoxy) is 1. The molecule has 0 saturated carbocycles. The van der Waals surface area contributed by atoms with Crippen LogP contribution in [0.3, 0.4) is 0 Å². The van der Waals surface area contributed by atoms with Gasteiger partial charge in [-0.3, -0.25) is 19.8 Å². The number of nitrogens with zero attached hydrogens (tertiary/aromatic N) is 2. The maximum Gasteiger partial charge on any atom is 0.416 e. The molecule has 2 aromatic rings. The molecule has 31 heavy (non-hydrogen) atoms. The van der Waals surface area contributed by atoms with Gasteiger partial charge >= 0.3 is 12.1 Å². The van der Waals surface area contributed by atoms with E-state index in [-0.39, 0.29) is 28.2 Å². The summed E-state index contributed by atoms with van der Waals surface area (Å²) in [4.78, 5) is 36.7. The van der Waals surface area contributed by atoms with Crippen LogP contribution in [0.4, 0.5) is 24.5 Å². The highest BCUT2D eigenvalue weighted by Crippen LogP contribution is 2.38. The third-order valence-corrected chi connectivity index (χ3v) is 4.64. The first-order valence-corrected chi connectivity index (χ1v) is 8.82. The molecular formula is C21H15F3N2O5. The zero-order valence-corrected chi connectivity index (χ0v) is 16.3. The van der Waals surface area contributed by atoms with Gasteiger partial charge in [0.15, 0.2) is 0 Å². The van der Waals surface area contributed by atoms with Crippen molar-refractivity contribution in [2.75, 3.05) is 12.0 Å². The van der Waals surface area contributed by atoms with E-state index < -0.39 is 28.5 Å². The fraction of sp³-hybridized carbons (Fsp3) is 0.143. The Morgan fingerprint density at radius 1 is 1.16 bits per heavy atom. The van der Waals surface area contributed by atoms with Crippen molar-refractivity contribution in [1.82, 2.24) is 0 Å². The van der Waals surface area contributed by atoms with Crippen LogP contribution in [0.5, 0.6) is 0 Å². The van der Waals surface area contributed by atoms with Crippen molar-refractivity contribution in [3.8, 4) is 0 Å². The zero-order chi connectivity index (χ0) is 22.9. The van der Waals surface area contributed by atoms with Crippen molar-refractivity contribution in [3.05, 3.63) is 86.6 Å². The molecule has 7 nitrogen and oxygen atoms in total. The number of carbonyl (C=O) groups excluding carboxylic acids is 2. The van der Waals surface area contributed by atoms with Gasteiger partial charge < -0.3 is 4.74 Å². The topological polar surface area (TPSA) is 89.8 Å². The molecule has 0 radical (unpaired) electrons. The maximum atomic E-state index is 13.1. The maximum absolute atomic E-state index is 13.1. The average Bonchev–Trinajstić information content (AvgIpc) is 2.97. The Balaban J connectivity index is 2.11. The van der Waals surface area contributed by atoms with Gasteiger partial charge in [0.2, 0.25) is 0 Å². The molecule has 3 rings (SSSR count). The third kappa shape index (κ3) is 4.18. The van der Waals surface area contributed by atoms with Crippen LogP contribution in [0.15, 0.2) is 65.4 Å². The molecule has 160 valence electrons. The van der Waals surface area contributed by atoms with E-state index in [2.05, 4.69) is 0 Å². The van der Waals surface area contributed by atoms with E-state index >= 15 is 0 Å². The second kappa shape index (κ2) is 8.05. The first-order chi connectivity index (χ1) is 14.5. The quantitative estimate of drug-likeness (QED) is 0.307. The third-order valence-electron chi connectivity index (χ3n) is 4.64. The molecule has 1 heterocycles. The van der Waals surface area contributed by atoms with E-state index in [4.69, 9.17) is 4.74 Å². The molecule has 0 atom stereocenters. The van der Waals surface area contributed by atoms with Crippen LogP contribution in [0.1, 0.15) is 18.1 Å². The number of carbonyl (C=O) groups is 2. The number of methoxy groups -OCH3 is 1. The van der Waals surface area contributed by atoms with Crippen LogP contribution < -0.4 is 4.90 Å². The SMILES string of the molecule is COC(=O)C1=C(C)N(c2cccc(C(F)(F)F)c2)C(=O)/C1=C\c1ccc([N+](=O)[O-])cc1. The lowest BCUT2D eigenvalue weighted by atomic mass is 10.0. The molecular weight excluding hydrogens is 417 g/mol. The van der Waals surface area contributed by atoms with Gasteiger partial charge in [0.25, 0.3) is 11.6 Å². The Morgan fingerprint density at radius 3 is 2.35 bits per heavy atom. The summed E-state index contributed by atoms with van der Waals surface area (Å²) in [6, 6.07) is 9.39. The van der Waals surface area contributed by atoms with E-state index in [9.17, 15) is 32.9 Å². The minimum atomic E-state index is -4.61. The summed E-state index contributed by atoms with van der Waals surface area (Å²) in [5.74, 6) is -1.57. The standard InChI is InChI=1S/C21H15F3N2O5/c1-12-18(20(28)31-2)17(10-13-6-8-15(9-7-13)26(29)30)19(27)25(12)16-5-3-4-14(11-16)21(22,23)24/h3-11H,1-2H3/b17-10-. The van der Waals surface area contributed by atoms with Gasteiger partial charge in [0.05, 0.1) is 28.7 Å². The van der Waals surface area contributed by atoms with Crippen LogP contribution in [-0.4, -0.2) is 23.9 Å². The number of rotatable bonds is 4. The van der Waals surface area contributed by atoms with Crippen molar-refractivity contribution in [2.45, 2.75) is 13.1 Å². The molecule has 0 saturated heterocycles. The number of amides is 1. The Hall–Kier alpha value is -3.95. The van der Waals surface area contributed by atoms with E-state index in [1.54, 1.807) is 0 Å². The highest BCUT2D eigenvalue weighted by molar-refractivity contribution is 6.23. The first-order valence-electron chi connectivity index (χ1n) is 8.82. The summed E-state index contributed by atoms with van der Waals surface area (Å²) in [5.41, 5.74) is -0.897. The van der Waals surface area contributed by atoms with Gasteiger partial charge in [-0.15, -0.1) is 0 Å². The summed E-state index contributed by atoms with van der Waals surface area (Å²) in [7, 11) is 1.11. The summed E-state index contributed by atoms with van der Waals surface area (Å²) >= 11 is 0. The van der Waals surface area contributed by atoms with Gasteiger partial charge in [-0.1, -0.05) is 6.07 Å². The molecule has 2 aromatic carbocycles. The summed E-state index contributed by atoms with van der Waals surface area (Å²) in [5, 5.41) is 10.8. The Labute approximate surface area is 174 Å². The predicted molar refractivity (Wildman–Crippen MR) is 105 cm³/mol. The Morgan fingerprint density at radius 2 is 1.81 bits per heavy atom. The molecule has 0 unspecified atom stereocenters. The van der Waals surface area contributed by atoms with Crippen LogP contribution in [0.25, 0.3) is 6.08 Å². The highest BCUT2D eigenvalue weighted by Gasteiger charge is 2.39. The minimum Gasteiger partial charge on any atom is -0.465 e. The molecule has 0 N–H and O–H groups in total. The second-order valence-electron chi connectivity index (χ2n) is 6.55. The van der Waals surface area contributed by atoms with E-state index in [0.717, 1.165) is 30.2 Å². The lowest BCUT2D eigenvalue weighted by Crippen LogP contribution is -2.24. The molecule has 0 aromatic heterocycles. The molecule has 0 bridgehead atoms. The fourth-order valence-corrected chi connectivity index (χ4v) is 3.17. The number of hydrogen-bond donors (Lipinski definition) is 0. The Bertz CT molecular complexity index is 1130. The number of hydrogen-bond acceptors (Lipinski definition) is 5. The predicted octanol–water partition coefficient (Wildman–Crippen LogP) is 4.49. The zero-order valence-electron chi connectivity index (χ0n) is 16.3. The van der Waals surface area contributed by atoms with Gasteiger partial charge in [-0.05, 0) is 48.9 Å². The van der Waals surface area contributed by atoms with Crippen LogP contribution >= 0.6 is 0 Å². The van der Waals surface area contributed by atoms with E-state index in [0.29, 0.717) is 5.56 Å². The van der Waals surface area contributed by atoms with Crippen molar-refractivity contribution < 1.29 is 32.4 Å². The van der Waals surface area contributed by atoms with Crippen LogP contribution in [0, 0.1) is 10.1 Å². The van der Waals surface area contributed by atoms with Gasteiger partial charge in [-0.25, -0.2) is 4.79 Å². The smallest absolute Gasteiger partial charge is 0.416 e. The lowest BCUT2D eigenvalue weighted by Gasteiger charge is -2.19. The number of nitro groups is 1. The normalized spacial score (nSPS) is 15.6. The molecule has 1 amide bonds. The molecule has 0 fully saturated rings. The number of benzene rings is 2.